The van der Waals surface area contributed by atoms with E-state index in [1.165, 1.54) is 0 Å². The summed E-state index contributed by atoms with van der Waals surface area (Å²) in [5, 5.41) is 0. The Morgan fingerprint density at radius 1 is 1.36 bits per heavy atom. The van der Waals surface area contributed by atoms with E-state index < -0.39 is 6.09 Å². The zero-order valence-electron chi connectivity index (χ0n) is 9.38. The van der Waals surface area contributed by atoms with Gasteiger partial charge in [-0.15, -0.1) is 0 Å². The quantitative estimate of drug-likeness (QED) is 0.665. The highest BCUT2D eigenvalue weighted by Gasteiger charge is 2.19. The number of carbonyl (C=O) groups is 1. The lowest BCUT2D eigenvalue weighted by atomic mass is 9.84. The van der Waals surface area contributed by atoms with Gasteiger partial charge in [0.25, 0.3) is 0 Å². The molecule has 4 N–H and O–H groups in total. The molecule has 0 aliphatic carbocycles. The molecule has 1 amide bonds. The monoisotopic (exact) mass is 202 g/mol. The Kier molecular flexibility index (Phi) is 5.53. The Morgan fingerprint density at radius 3 is 2.36 bits per heavy atom. The number of carbonyl (C=O) groups excluding carboxylic acids is 1. The average molecular weight is 202 g/mol. The third-order valence-electron chi connectivity index (χ3n) is 2.27. The molecule has 1 unspecified atom stereocenters. The van der Waals surface area contributed by atoms with Crippen LogP contribution in [0.3, 0.4) is 0 Å². The van der Waals surface area contributed by atoms with Crippen LogP contribution < -0.4 is 11.5 Å². The molecule has 0 saturated carbocycles. The number of hydrogen-bond donors (Lipinski definition) is 2. The van der Waals surface area contributed by atoms with E-state index >= 15 is 0 Å². The Balaban J connectivity index is 3.41. The molecule has 0 bridgehead atoms. The second kappa shape index (κ2) is 5.86. The first kappa shape index (κ1) is 13.2. The molecule has 0 spiro atoms. The number of rotatable bonds is 5. The molecule has 4 nitrogen and oxygen atoms in total. The van der Waals surface area contributed by atoms with Crippen molar-refractivity contribution < 1.29 is 9.53 Å². The van der Waals surface area contributed by atoms with Crippen LogP contribution in [0.25, 0.3) is 0 Å². The van der Waals surface area contributed by atoms with E-state index in [-0.39, 0.29) is 11.5 Å². The molecule has 0 aromatic heterocycles. The van der Waals surface area contributed by atoms with Gasteiger partial charge < -0.3 is 16.2 Å². The first-order valence-electron chi connectivity index (χ1n) is 5.02. The largest absolute Gasteiger partial charge is 0.450 e. The number of amides is 1. The summed E-state index contributed by atoms with van der Waals surface area (Å²) < 4.78 is 4.61. The molecule has 0 aromatic carbocycles. The van der Waals surface area contributed by atoms with Crippen LogP contribution >= 0.6 is 0 Å². The van der Waals surface area contributed by atoms with Crippen molar-refractivity contribution in [1.29, 1.82) is 0 Å². The Bertz CT molecular complexity index is 175. The minimum atomic E-state index is -0.704. The maximum Gasteiger partial charge on any atom is 0.404 e. The third kappa shape index (κ3) is 6.71. The molecule has 1 atom stereocenters. The van der Waals surface area contributed by atoms with Crippen molar-refractivity contribution in [3.63, 3.8) is 0 Å². The van der Waals surface area contributed by atoms with E-state index in [0.29, 0.717) is 6.61 Å². The van der Waals surface area contributed by atoms with Crippen LogP contribution in [0.5, 0.6) is 0 Å². The van der Waals surface area contributed by atoms with Crippen LogP contribution in [-0.2, 0) is 4.74 Å². The van der Waals surface area contributed by atoms with Gasteiger partial charge in [0.2, 0.25) is 0 Å². The van der Waals surface area contributed by atoms with Gasteiger partial charge in [-0.05, 0) is 24.7 Å². The predicted octanol–water partition coefficient (Wildman–Crippen LogP) is 1.63. The van der Waals surface area contributed by atoms with Gasteiger partial charge in [-0.2, -0.15) is 0 Å². The van der Waals surface area contributed by atoms with Gasteiger partial charge in [0.15, 0.2) is 0 Å². The van der Waals surface area contributed by atoms with Crippen LogP contribution in [0, 0.1) is 5.41 Å². The minimum Gasteiger partial charge on any atom is -0.450 e. The first-order chi connectivity index (χ1) is 6.34. The van der Waals surface area contributed by atoms with E-state index in [2.05, 4.69) is 25.5 Å². The fourth-order valence-electron chi connectivity index (χ4n) is 1.07. The Hall–Kier alpha value is -0.770. The predicted molar refractivity (Wildman–Crippen MR) is 56.8 cm³/mol. The van der Waals surface area contributed by atoms with Gasteiger partial charge in [-0.3, -0.25) is 0 Å². The Labute approximate surface area is 86.0 Å². The Morgan fingerprint density at radius 2 is 1.93 bits per heavy atom. The van der Waals surface area contributed by atoms with E-state index in [1.54, 1.807) is 0 Å². The average Bonchev–Trinajstić information content (AvgIpc) is 2.01. The molecule has 4 heteroatoms. The van der Waals surface area contributed by atoms with Gasteiger partial charge in [0.05, 0.1) is 6.61 Å². The van der Waals surface area contributed by atoms with Gasteiger partial charge in [0.1, 0.15) is 0 Å². The molecule has 0 fully saturated rings. The molecule has 84 valence electrons. The molecule has 14 heavy (non-hydrogen) atoms. The molecular weight excluding hydrogens is 180 g/mol. The van der Waals surface area contributed by atoms with Crippen molar-refractivity contribution in [2.45, 2.75) is 46.1 Å². The van der Waals surface area contributed by atoms with Gasteiger partial charge in [-0.1, -0.05) is 20.8 Å². The van der Waals surface area contributed by atoms with E-state index in [0.717, 1.165) is 19.3 Å². The number of hydrogen-bond acceptors (Lipinski definition) is 3. The molecular formula is C10H22N2O2. The van der Waals surface area contributed by atoms with Crippen molar-refractivity contribution in [2.24, 2.45) is 16.9 Å². The summed E-state index contributed by atoms with van der Waals surface area (Å²) in [4.78, 5) is 10.2. The van der Waals surface area contributed by atoms with Crippen LogP contribution in [0.15, 0.2) is 0 Å². The first-order valence-corrected chi connectivity index (χ1v) is 5.02. The number of ether oxygens (including phenoxy) is 1. The van der Waals surface area contributed by atoms with Crippen molar-refractivity contribution in [2.75, 3.05) is 6.61 Å². The normalized spacial score (nSPS) is 13.7. The van der Waals surface area contributed by atoms with Crippen LogP contribution in [0.1, 0.15) is 40.0 Å². The number of nitrogens with two attached hydrogens (primary N) is 2. The second-order valence-electron chi connectivity index (χ2n) is 4.64. The second-order valence-corrected chi connectivity index (χ2v) is 4.64. The molecule has 0 saturated heterocycles. The number of unbranched alkanes of at least 4 members (excludes halogenated alkanes) is 1. The summed E-state index contributed by atoms with van der Waals surface area (Å²) in [5.74, 6) is 0. The zero-order valence-corrected chi connectivity index (χ0v) is 9.38. The number of primary amides is 1. The molecule has 0 aliphatic heterocycles. The highest BCUT2D eigenvalue weighted by molar-refractivity contribution is 5.64. The molecule has 0 radical (unpaired) electrons. The summed E-state index contributed by atoms with van der Waals surface area (Å²) in [6.45, 7) is 6.76. The SMILES string of the molecule is CC(C)(C)C(N)CCCCOC(N)=O. The standard InChI is InChI=1S/C10H22N2O2/c1-10(2,3)8(11)6-4-5-7-14-9(12)13/h8H,4-7,11H2,1-3H3,(H2,12,13). The fourth-order valence-corrected chi connectivity index (χ4v) is 1.07. The van der Waals surface area contributed by atoms with Crippen LogP contribution in [0.2, 0.25) is 0 Å². The van der Waals surface area contributed by atoms with E-state index in [9.17, 15) is 4.79 Å². The summed E-state index contributed by atoms with van der Waals surface area (Å²) in [6.07, 6.45) is 2.04. The van der Waals surface area contributed by atoms with Gasteiger partial charge in [-0.25, -0.2) is 4.79 Å². The van der Waals surface area contributed by atoms with Crippen molar-refractivity contribution in [1.82, 2.24) is 0 Å². The van der Waals surface area contributed by atoms with Gasteiger partial charge >= 0.3 is 6.09 Å². The smallest absolute Gasteiger partial charge is 0.404 e. The van der Waals surface area contributed by atoms with Gasteiger partial charge in [0, 0.05) is 6.04 Å². The minimum absolute atomic E-state index is 0.143. The molecule has 0 rings (SSSR count). The van der Waals surface area contributed by atoms with Crippen molar-refractivity contribution in [3.8, 4) is 0 Å². The lowest BCUT2D eigenvalue weighted by Gasteiger charge is -2.26. The topological polar surface area (TPSA) is 78.3 Å². The summed E-state index contributed by atoms with van der Waals surface area (Å²) in [6, 6.07) is 0.191. The fraction of sp³-hybridized carbons (Fsp3) is 0.900. The maximum atomic E-state index is 10.2. The third-order valence-corrected chi connectivity index (χ3v) is 2.27. The highest BCUT2D eigenvalue weighted by atomic mass is 16.5. The van der Waals surface area contributed by atoms with Crippen molar-refractivity contribution in [3.05, 3.63) is 0 Å². The van der Waals surface area contributed by atoms with Crippen molar-refractivity contribution >= 4 is 6.09 Å². The molecule has 0 heterocycles. The lowest BCUT2D eigenvalue weighted by Crippen LogP contribution is -2.34. The summed E-state index contributed by atoms with van der Waals surface area (Å²) >= 11 is 0. The van der Waals surface area contributed by atoms with E-state index in [1.807, 2.05) is 0 Å². The maximum absolute atomic E-state index is 10.2. The highest BCUT2D eigenvalue weighted by Crippen LogP contribution is 2.21. The summed E-state index contributed by atoms with van der Waals surface area (Å²) in [5.41, 5.74) is 10.9. The zero-order chi connectivity index (χ0) is 11.2. The molecule has 0 aliphatic rings. The summed E-state index contributed by atoms with van der Waals surface area (Å²) in [7, 11) is 0. The van der Waals surface area contributed by atoms with E-state index in [4.69, 9.17) is 11.5 Å². The lowest BCUT2D eigenvalue weighted by molar-refractivity contribution is 0.153. The van der Waals surface area contributed by atoms with Crippen LogP contribution in [-0.4, -0.2) is 18.7 Å². The molecule has 0 aromatic rings. The van der Waals surface area contributed by atoms with Crippen LogP contribution in [0.4, 0.5) is 4.79 Å².